The van der Waals surface area contributed by atoms with Gasteiger partial charge in [-0.3, -0.25) is 4.79 Å². The molecule has 24 heavy (non-hydrogen) atoms. The molecule has 126 valence electrons. The van der Waals surface area contributed by atoms with Crippen molar-refractivity contribution in [1.29, 1.82) is 0 Å². The average molecular weight is 323 g/mol. The number of amides is 1. The van der Waals surface area contributed by atoms with Crippen LogP contribution in [-0.4, -0.2) is 33.4 Å². The summed E-state index contributed by atoms with van der Waals surface area (Å²) < 4.78 is 0. The highest BCUT2D eigenvalue weighted by molar-refractivity contribution is 5.97. The van der Waals surface area contributed by atoms with Crippen molar-refractivity contribution in [3.05, 3.63) is 35.2 Å². The quantitative estimate of drug-likeness (QED) is 0.838. The molecule has 4 heteroatoms. The van der Waals surface area contributed by atoms with E-state index in [9.17, 15) is 4.79 Å². The topological polar surface area (TPSA) is 46.1 Å². The fourth-order valence-corrected chi connectivity index (χ4v) is 4.41. The summed E-state index contributed by atoms with van der Waals surface area (Å²) >= 11 is 0. The minimum Gasteiger partial charge on any atom is -0.335 e. The maximum Gasteiger partial charge on any atom is 0.254 e. The van der Waals surface area contributed by atoms with Crippen LogP contribution in [0, 0.1) is 19.8 Å². The lowest BCUT2D eigenvalue weighted by molar-refractivity contribution is 0.0689. The molecule has 0 radical (unpaired) electrons. The molecule has 4 rings (SSSR count). The first-order valence-corrected chi connectivity index (χ1v) is 9.19. The normalized spacial score (nSPS) is 21.8. The van der Waals surface area contributed by atoms with Gasteiger partial charge >= 0.3 is 0 Å². The highest BCUT2D eigenvalue weighted by Crippen LogP contribution is 2.36. The van der Waals surface area contributed by atoms with Crippen LogP contribution in [0.4, 0.5) is 0 Å². The van der Waals surface area contributed by atoms with Crippen LogP contribution in [0.5, 0.6) is 0 Å². The molecule has 0 unspecified atom stereocenters. The van der Waals surface area contributed by atoms with Crippen molar-refractivity contribution in [3.8, 4) is 0 Å². The van der Waals surface area contributed by atoms with Gasteiger partial charge in [-0.25, -0.2) is 9.97 Å². The molecule has 0 bridgehead atoms. The van der Waals surface area contributed by atoms with Gasteiger partial charge in [0.25, 0.3) is 5.91 Å². The van der Waals surface area contributed by atoms with Crippen molar-refractivity contribution in [2.45, 2.75) is 58.4 Å². The molecule has 2 fully saturated rings. The Bertz CT molecular complexity index is 780. The Kier molecular flexibility index (Phi) is 3.99. The summed E-state index contributed by atoms with van der Waals surface area (Å²) in [5.74, 6) is 0.882. The average Bonchev–Trinajstić information content (AvgIpc) is 3.25. The van der Waals surface area contributed by atoms with E-state index in [1.165, 1.54) is 32.1 Å². The second-order valence-corrected chi connectivity index (χ2v) is 7.35. The van der Waals surface area contributed by atoms with Crippen LogP contribution in [0.2, 0.25) is 0 Å². The number of rotatable bonds is 2. The third-order valence-electron chi connectivity index (χ3n) is 5.83. The van der Waals surface area contributed by atoms with E-state index in [1.54, 1.807) is 0 Å². The lowest BCUT2D eigenvalue weighted by Gasteiger charge is -2.29. The van der Waals surface area contributed by atoms with Gasteiger partial charge in [-0.05, 0) is 63.6 Å². The minimum atomic E-state index is 0.173. The van der Waals surface area contributed by atoms with E-state index in [0.29, 0.717) is 12.0 Å². The number of hydrogen-bond donors (Lipinski definition) is 0. The molecule has 2 aromatic rings. The molecule has 2 heterocycles. The zero-order valence-corrected chi connectivity index (χ0v) is 14.6. The molecule has 2 aliphatic rings. The Morgan fingerprint density at radius 2 is 1.71 bits per heavy atom. The lowest BCUT2D eigenvalue weighted by Crippen LogP contribution is -2.39. The first kappa shape index (κ1) is 15.6. The molecular weight excluding hydrogens is 298 g/mol. The number of nitrogens with zero attached hydrogens (tertiary/aromatic N) is 3. The maximum absolute atomic E-state index is 13.1. The number of carbonyl (C=O) groups excluding carboxylic acids is 1. The van der Waals surface area contributed by atoms with Gasteiger partial charge in [-0.2, -0.15) is 0 Å². The van der Waals surface area contributed by atoms with Crippen LogP contribution in [0.15, 0.2) is 18.2 Å². The van der Waals surface area contributed by atoms with Crippen molar-refractivity contribution in [2.75, 3.05) is 6.54 Å². The SMILES string of the molecule is Cc1nc2ccc(C(=O)N3CCC[C@H]3C3CCCC3)cc2nc1C. The molecule has 4 nitrogen and oxygen atoms in total. The fourth-order valence-electron chi connectivity index (χ4n) is 4.41. The molecule has 1 aromatic heterocycles. The predicted molar refractivity (Wildman–Crippen MR) is 95.0 cm³/mol. The Balaban J connectivity index is 1.63. The smallest absolute Gasteiger partial charge is 0.254 e. The second kappa shape index (κ2) is 6.15. The van der Waals surface area contributed by atoms with Crippen molar-refractivity contribution in [1.82, 2.24) is 14.9 Å². The van der Waals surface area contributed by atoms with Crippen LogP contribution >= 0.6 is 0 Å². The third kappa shape index (κ3) is 2.68. The van der Waals surface area contributed by atoms with E-state index in [4.69, 9.17) is 0 Å². The van der Waals surface area contributed by atoms with E-state index < -0.39 is 0 Å². The molecule has 0 spiro atoms. The summed E-state index contributed by atoms with van der Waals surface area (Å²) in [5, 5.41) is 0. The first-order valence-electron chi connectivity index (χ1n) is 9.19. The van der Waals surface area contributed by atoms with Crippen molar-refractivity contribution >= 4 is 16.9 Å². The standard InChI is InChI=1S/C20H25N3O/c1-13-14(2)22-18-12-16(9-10-17(18)21-13)20(24)23-11-5-8-19(23)15-6-3-4-7-15/h9-10,12,15,19H,3-8,11H2,1-2H3/t19-/m0/s1. The molecular formula is C20H25N3O. The van der Waals surface area contributed by atoms with Gasteiger partial charge in [0, 0.05) is 18.2 Å². The molecule has 1 saturated carbocycles. The lowest BCUT2D eigenvalue weighted by atomic mass is 9.95. The third-order valence-corrected chi connectivity index (χ3v) is 5.83. The zero-order chi connectivity index (χ0) is 16.7. The molecule has 1 saturated heterocycles. The highest BCUT2D eigenvalue weighted by Gasteiger charge is 2.36. The van der Waals surface area contributed by atoms with Crippen LogP contribution in [0.3, 0.4) is 0 Å². The van der Waals surface area contributed by atoms with Crippen LogP contribution in [0.25, 0.3) is 11.0 Å². The summed E-state index contributed by atoms with van der Waals surface area (Å²) in [7, 11) is 0. The van der Waals surface area contributed by atoms with Gasteiger partial charge in [0.15, 0.2) is 0 Å². The number of likely N-dealkylation sites (tertiary alicyclic amines) is 1. The Morgan fingerprint density at radius 1 is 1.00 bits per heavy atom. The Hall–Kier alpha value is -1.97. The van der Waals surface area contributed by atoms with Crippen molar-refractivity contribution in [2.24, 2.45) is 5.92 Å². The van der Waals surface area contributed by atoms with E-state index >= 15 is 0 Å². The van der Waals surface area contributed by atoms with Crippen LogP contribution in [0.1, 0.15) is 60.3 Å². The second-order valence-electron chi connectivity index (χ2n) is 7.35. The summed E-state index contributed by atoms with van der Waals surface area (Å²) in [6.45, 7) is 4.83. The number of aromatic nitrogens is 2. The Labute approximate surface area is 143 Å². The molecule has 1 amide bonds. The van der Waals surface area contributed by atoms with E-state index in [0.717, 1.165) is 41.0 Å². The van der Waals surface area contributed by atoms with Crippen molar-refractivity contribution < 1.29 is 4.79 Å². The number of benzene rings is 1. The fraction of sp³-hybridized carbons (Fsp3) is 0.550. The van der Waals surface area contributed by atoms with Crippen LogP contribution < -0.4 is 0 Å². The number of hydrogen-bond acceptors (Lipinski definition) is 3. The summed E-state index contributed by atoms with van der Waals surface area (Å²) in [4.78, 5) is 24.4. The van der Waals surface area contributed by atoms with E-state index in [2.05, 4.69) is 14.9 Å². The first-order chi connectivity index (χ1) is 11.6. The number of fused-ring (bicyclic) bond motifs is 1. The van der Waals surface area contributed by atoms with Crippen molar-refractivity contribution in [3.63, 3.8) is 0 Å². The van der Waals surface area contributed by atoms with Gasteiger partial charge in [0.1, 0.15) is 0 Å². The summed E-state index contributed by atoms with van der Waals surface area (Å²) in [5.41, 5.74) is 4.31. The van der Waals surface area contributed by atoms with E-state index in [-0.39, 0.29) is 5.91 Å². The van der Waals surface area contributed by atoms with Gasteiger partial charge in [-0.1, -0.05) is 12.8 Å². The summed E-state index contributed by atoms with van der Waals surface area (Å²) in [6, 6.07) is 6.21. The number of aryl methyl sites for hydroxylation is 2. The molecule has 1 atom stereocenters. The van der Waals surface area contributed by atoms with Gasteiger partial charge in [0.2, 0.25) is 0 Å². The molecule has 1 aromatic carbocycles. The van der Waals surface area contributed by atoms with Gasteiger partial charge in [0.05, 0.1) is 22.4 Å². The predicted octanol–water partition coefficient (Wildman–Crippen LogP) is 4.04. The highest BCUT2D eigenvalue weighted by atomic mass is 16.2. The molecule has 1 aliphatic carbocycles. The Morgan fingerprint density at radius 3 is 2.46 bits per heavy atom. The largest absolute Gasteiger partial charge is 0.335 e. The molecule has 1 aliphatic heterocycles. The maximum atomic E-state index is 13.1. The zero-order valence-electron chi connectivity index (χ0n) is 14.6. The summed E-state index contributed by atoms with van der Waals surface area (Å²) in [6.07, 6.45) is 7.54. The molecule has 0 N–H and O–H groups in total. The van der Waals surface area contributed by atoms with Crippen LogP contribution in [-0.2, 0) is 0 Å². The monoisotopic (exact) mass is 323 g/mol. The van der Waals surface area contributed by atoms with Gasteiger partial charge < -0.3 is 4.90 Å². The van der Waals surface area contributed by atoms with Gasteiger partial charge in [-0.15, -0.1) is 0 Å². The number of carbonyl (C=O) groups is 1. The van der Waals surface area contributed by atoms with E-state index in [1.807, 2.05) is 32.0 Å². The minimum absolute atomic E-state index is 0.173.